The van der Waals surface area contributed by atoms with E-state index in [2.05, 4.69) is 29.7 Å². The molecular weight excluding hydrogens is 362 g/mol. The van der Waals surface area contributed by atoms with Gasteiger partial charge in [0.05, 0.1) is 12.5 Å². The van der Waals surface area contributed by atoms with Gasteiger partial charge in [-0.05, 0) is 37.9 Å². The van der Waals surface area contributed by atoms with Crippen molar-refractivity contribution in [2.45, 2.75) is 66.2 Å². The Balaban J connectivity index is 0.000000267. The van der Waals surface area contributed by atoms with Gasteiger partial charge in [-0.2, -0.15) is 5.26 Å². The average molecular weight is 402 g/mol. The molecule has 1 saturated carbocycles. The molecule has 0 amide bonds. The Hall–Kier alpha value is -2.06. The largest absolute Gasteiger partial charge is 0.508 e. The maximum Gasteiger partial charge on any atom is 0.143 e. The van der Waals surface area contributed by atoms with E-state index in [-0.39, 0.29) is 12.2 Å². The summed E-state index contributed by atoms with van der Waals surface area (Å²) < 4.78 is 0. The van der Waals surface area contributed by atoms with Crippen molar-refractivity contribution in [3.8, 4) is 11.8 Å². The van der Waals surface area contributed by atoms with Crippen LogP contribution in [0.4, 0.5) is 5.69 Å². The van der Waals surface area contributed by atoms with Gasteiger partial charge >= 0.3 is 0 Å². The molecule has 2 fully saturated rings. The van der Waals surface area contributed by atoms with Gasteiger partial charge in [0.25, 0.3) is 0 Å². The molecule has 29 heavy (non-hydrogen) atoms. The minimum Gasteiger partial charge on any atom is -0.508 e. The molecule has 0 atom stereocenters. The predicted octanol–water partition coefficient (Wildman–Crippen LogP) is 4.92. The van der Waals surface area contributed by atoms with Gasteiger partial charge in [0.15, 0.2) is 0 Å². The number of ketones is 1. The van der Waals surface area contributed by atoms with Crippen LogP contribution in [-0.2, 0) is 4.79 Å². The number of aryl methyl sites for hydroxylation is 1. The summed E-state index contributed by atoms with van der Waals surface area (Å²) in [5.41, 5.74) is 2.08. The summed E-state index contributed by atoms with van der Waals surface area (Å²) in [7, 11) is 0. The lowest BCUT2D eigenvalue weighted by Crippen LogP contribution is -2.46. The number of aromatic hydroxyl groups is 1. The van der Waals surface area contributed by atoms with E-state index in [9.17, 15) is 9.90 Å². The highest BCUT2D eigenvalue weighted by Crippen LogP contribution is 2.24. The molecule has 0 unspecified atom stereocenters. The first-order valence-electron chi connectivity index (χ1n) is 11.0. The number of phenols is 1. The molecule has 0 radical (unpaired) electrons. The minimum absolute atomic E-state index is 0.0417. The zero-order valence-electron chi connectivity index (χ0n) is 18.8. The van der Waals surface area contributed by atoms with Crippen molar-refractivity contribution >= 4 is 11.5 Å². The molecule has 3 rings (SSSR count). The van der Waals surface area contributed by atoms with Crippen LogP contribution in [0.25, 0.3) is 0 Å². The van der Waals surface area contributed by atoms with Crippen LogP contribution in [0.2, 0.25) is 0 Å². The minimum atomic E-state index is -0.0718. The molecule has 5 heteroatoms. The molecular formula is C24H39N3O2. The molecule has 0 bridgehead atoms. The third-order valence-electron chi connectivity index (χ3n) is 5.60. The Morgan fingerprint density at radius 1 is 1.17 bits per heavy atom. The second kappa shape index (κ2) is 14.0. The molecule has 5 nitrogen and oxygen atoms in total. The topological polar surface area (TPSA) is 67.6 Å². The second-order valence-electron chi connectivity index (χ2n) is 8.17. The van der Waals surface area contributed by atoms with Crippen molar-refractivity contribution in [3.05, 3.63) is 23.8 Å². The maximum absolute atomic E-state index is 9.82. The van der Waals surface area contributed by atoms with Crippen LogP contribution in [0.15, 0.2) is 18.2 Å². The third-order valence-corrected chi connectivity index (χ3v) is 5.60. The lowest BCUT2D eigenvalue weighted by Gasteiger charge is -2.35. The van der Waals surface area contributed by atoms with Crippen LogP contribution in [0.3, 0.4) is 0 Å². The van der Waals surface area contributed by atoms with Crippen molar-refractivity contribution in [1.29, 1.82) is 5.26 Å². The van der Waals surface area contributed by atoms with Crippen molar-refractivity contribution < 1.29 is 9.90 Å². The lowest BCUT2D eigenvalue weighted by atomic mass is 9.91. The van der Waals surface area contributed by atoms with Gasteiger partial charge in [0.1, 0.15) is 11.5 Å². The first-order valence-corrected chi connectivity index (χ1v) is 11.0. The highest BCUT2D eigenvalue weighted by Gasteiger charge is 2.16. The summed E-state index contributed by atoms with van der Waals surface area (Å²) in [6.45, 7) is 13.3. The van der Waals surface area contributed by atoms with Crippen LogP contribution in [0.5, 0.6) is 5.75 Å². The van der Waals surface area contributed by atoms with E-state index in [0.717, 1.165) is 49.9 Å². The number of nitrogens with zero attached hydrogens (tertiary/aromatic N) is 3. The van der Waals surface area contributed by atoms with Gasteiger partial charge < -0.3 is 14.9 Å². The molecule has 0 spiro atoms. The van der Waals surface area contributed by atoms with Gasteiger partial charge in [-0.3, -0.25) is 4.79 Å². The number of anilines is 1. The van der Waals surface area contributed by atoms with Gasteiger partial charge in [-0.25, -0.2) is 0 Å². The summed E-state index contributed by atoms with van der Waals surface area (Å²) in [6, 6.07) is 7.67. The standard InChI is InChI=1S/C13H20N2O.C7H14.C4H5NO/c1-3-14-6-8-15(9-7-14)12-5-4-11(2)13(16)10-12;1-7-5-3-2-4-6-7;1-4(6)2-3-5/h4-5,10,16H,3,6-9H2,1-2H3;7H,2-6H2,1H3;2H2,1H3. The Labute approximate surface area is 177 Å². The SMILES string of the molecule is CC(=O)CC#N.CC1CCCCC1.CCN1CCN(c2ccc(C)c(O)c2)CC1. The number of likely N-dealkylation sites (N-methyl/N-ethyl adjacent to an activating group) is 1. The second-order valence-corrected chi connectivity index (χ2v) is 8.17. The smallest absolute Gasteiger partial charge is 0.143 e. The van der Waals surface area contributed by atoms with Crippen molar-refractivity contribution in [3.63, 3.8) is 0 Å². The Morgan fingerprint density at radius 2 is 1.79 bits per heavy atom. The summed E-state index contributed by atoms with van der Waals surface area (Å²) in [4.78, 5) is 14.6. The Kier molecular flexibility index (Phi) is 12.1. The number of hydrogen-bond acceptors (Lipinski definition) is 5. The van der Waals surface area contributed by atoms with Gasteiger partial charge in [-0.15, -0.1) is 0 Å². The summed E-state index contributed by atoms with van der Waals surface area (Å²) >= 11 is 0. The number of carbonyl (C=O) groups excluding carboxylic acids is 1. The molecule has 1 heterocycles. The van der Waals surface area contributed by atoms with Gasteiger partial charge in [-0.1, -0.05) is 52.0 Å². The molecule has 2 aliphatic rings. The molecule has 1 N–H and O–H groups in total. The number of carbonyl (C=O) groups is 1. The fourth-order valence-corrected chi connectivity index (χ4v) is 3.53. The van der Waals surface area contributed by atoms with Crippen LogP contribution >= 0.6 is 0 Å². The highest BCUT2D eigenvalue weighted by molar-refractivity contribution is 5.77. The zero-order valence-corrected chi connectivity index (χ0v) is 18.8. The normalized spacial score (nSPS) is 17.3. The van der Waals surface area contributed by atoms with Crippen molar-refractivity contribution in [1.82, 2.24) is 4.90 Å². The van der Waals surface area contributed by atoms with E-state index >= 15 is 0 Å². The number of nitriles is 1. The first-order chi connectivity index (χ1) is 13.9. The molecule has 0 aromatic heterocycles. The summed E-state index contributed by atoms with van der Waals surface area (Å²) in [5.74, 6) is 1.36. The number of phenolic OH excluding ortho intramolecular Hbond substituents is 1. The molecule has 1 aromatic rings. The number of benzene rings is 1. The van der Waals surface area contributed by atoms with Crippen LogP contribution < -0.4 is 4.90 Å². The van der Waals surface area contributed by atoms with E-state index in [0.29, 0.717) is 5.75 Å². The number of hydrogen-bond donors (Lipinski definition) is 1. The third kappa shape index (κ3) is 10.3. The van der Waals surface area contributed by atoms with Crippen LogP contribution in [0, 0.1) is 24.2 Å². The highest BCUT2D eigenvalue weighted by atomic mass is 16.3. The molecule has 1 saturated heterocycles. The van der Waals surface area contributed by atoms with Crippen LogP contribution in [0.1, 0.15) is 64.9 Å². The zero-order chi connectivity index (χ0) is 21.6. The summed E-state index contributed by atoms with van der Waals surface area (Å²) in [6.07, 6.45) is 7.48. The molecule has 162 valence electrons. The van der Waals surface area contributed by atoms with E-state index < -0.39 is 0 Å². The Morgan fingerprint density at radius 3 is 2.17 bits per heavy atom. The van der Waals surface area contributed by atoms with E-state index in [1.54, 1.807) is 6.07 Å². The van der Waals surface area contributed by atoms with Crippen LogP contribution in [-0.4, -0.2) is 48.5 Å². The monoisotopic (exact) mass is 401 g/mol. The maximum atomic E-state index is 9.82. The quantitative estimate of drug-likeness (QED) is 0.779. The Bertz CT molecular complexity index is 640. The molecule has 1 aliphatic carbocycles. The van der Waals surface area contributed by atoms with Crippen molar-refractivity contribution in [2.75, 3.05) is 37.6 Å². The first kappa shape index (κ1) is 25.0. The molecule has 1 aliphatic heterocycles. The average Bonchev–Trinajstić information content (AvgIpc) is 2.72. The van der Waals surface area contributed by atoms with Crippen molar-refractivity contribution in [2.24, 2.45) is 5.92 Å². The molecule has 1 aromatic carbocycles. The van der Waals surface area contributed by atoms with Gasteiger partial charge in [0, 0.05) is 37.9 Å². The van der Waals surface area contributed by atoms with E-state index in [1.807, 2.05) is 19.1 Å². The number of Topliss-reactive ketones (excluding diaryl/α,β-unsaturated/α-hetero) is 1. The van der Waals surface area contributed by atoms with E-state index in [4.69, 9.17) is 5.26 Å². The van der Waals surface area contributed by atoms with Gasteiger partial charge in [0.2, 0.25) is 0 Å². The number of piperazine rings is 1. The summed E-state index contributed by atoms with van der Waals surface area (Å²) in [5, 5.41) is 17.5. The fraction of sp³-hybridized carbons (Fsp3) is 0.667. The predicted molar refractivity (Wildman–Crippen MR) is 120 cm³/mol. The number of rotatable bonds is 3. The van der Waals surface area contributed by atoms with E-state index in [1.165, 1.54) is 39.0 Å². The lowest BCUT2D eigenvalue weighted by molar-refractivity contribution is -0.116. The fourth-order valence-electron chi connectivity index (χ4n) is 3.53.